The van der Waals surface area contributed by atoms with Gasteiger partial charge in [-0.3, -0.25) is 4.79 Å². The maximum absolute atomic E-state index is 12.9. The van der Waals surface area contributed by atoms with Crippen LogP contribution in [-0.4, -0.2) is 48.4 Å². The van der Waals surface area contributed by atoms with E-state index in [-0.39, 0.29) is 5.41 Å². The molecule has 0 aromatic rings. The summed E-state index contributed by atoms with van der Waals surface area (Å²) < 4.78 is 0. The maximum Gasteiger partial charge on any atom is 0.228 e. The fourth-order valence-corrected chi connectivity index (χ4v) is 4.73. The van der Waals surface area contributed by atoms with E-state index in [4.69, 9.17) is 0 Å². The number of hydrogen-bond donors (Lipinski definition) is 0. The highest BCUT2D eigenvalue weighted by molar-refractivity contribution is 5.82. The van der Waals surface area contributed by atoms with Crippen molar-refractivity contribution in [3.8, 4) is 0 Å². The fourth-order valence-electron chi connectivity index (χ4n) is 4.73. The summed E-state index contributed by atoms with van der Waals surface area (Å²) in [5, 5.41) is 0. The Morgan fingerprint density at radius 3 is 2.50 bits per heavy atom. The van der Waals surface area contributed by atoms with Gasteiger partial charge in [-0.1, -0.05) is 25.5 Å². The summed E-state index contributed by atoms with van der Waals surface area (Å²) in [4.78, 5) is 17.6. The van der Waals surface area contributed by atoms with Crippen LogP contribution in [0.2, 0.25) is 0 Å². The molecule has 0 radical (unpaired) electrons. The summed E-state index contributed by atoms with van der Waals surface area (Å²) in [5.41, 5.74) is -0.136. The highest BCUT2D eigenvalue weighted by Crippen LogP contribution is 2.36. The summed E-state index contributed by atoms with van der Waals surface area (Å²) in [7, 11) is 2.29. The molecule has 22 heavy (non-hydrogen) atoms. The SMILES string of the molecule is CN1CCCCC1C1CCN(C(=O)C2(C)CC=CCC2)CC1. The molecule has 2 heterocycles. The predicted octanol–water partition coefficient (Wildman–Crippen LogP) is 3.46. The first-order valence-corrected chi connectivity index (χ1v) is 9.25. The molecule has 2 atom stereocenters. The first-order chi connectivity index (χ1) is 10.6. The van der Waals surface area contributed by atoms with Gasteiger partial charge >= 0.3 is 0 Å². The standard InChI is InChI=1S/C19H32N2O/c1-19(11-5-3-6-12-19)18(22)21-14-9-16(10-15-21)17-8-4-7-13-20(17)2/h3,5,16-17H,4,6-15H2,1-2H3. The molecule has 1 aliphatic carbocycles. The first kappa shape index (κ1) is 16.0. The fraction of sp³-hybridized carbons (Fsp3) is 0.842. The molecule has 2 aliphatic heterocycles. The van der Waals surface area contributed by atoms with Gasteiger partial charge in [0, 0.05) is 19.1 Å². The lowest BCUT2D eigenvalue weighted by molar-refractivity contribution is -0.143. The van der Waals surface area contributed by atoms with E-state index in [1.54, 1.807) is 0 Å². The van der Waals surface area contributed by atoms with Crippen LogP contribution in [0.15, 0.2) is 12.2 Å². The Bertz CT molecular complexity index is 425. The van der Waals surface area contributed by atoms with Gasteiger partial charge in [-0.15, -0.1) is 0 Å². The molecule has 3 nitrogen and oxygen atoms in total. The van der Waals surface area contributed by atoms with Crippen molar-refractivity contribution in [2.45, 2.75) is 64.3 Å². The first-order valence-electron chi connectivity index (χ1n) is 9.25. The Kier molecular flexibility index (Phi) is 4.91. The van der Waals surface area contributed by atoms with Crippen LogP contribution in [0.1, 0.15) is 58.3 Å². The van der Waals surface area contributed by atoms with Crippen molar-refractivity contribution >= 4 is 5.91 Å². The number of carbonyl (C=O) groups is 1. The Morgan fingerprint density at radius 1 is 1.09 bits per heavy atom. The van der Waals surface area contributed by atoms with E-state index in [2.05, 4.69) is 35.9 Å². The molecule has 0 saturated carbocycles. The summed E-state index contributed by atoms with van der Waals surface area (Å²) in [6, 6.07) is 0.763. The van der Waals surface area contributed by atoms with Crippen molar-refractivity contribution in [2.24, 2.45) is 11.3 Å². The monoisotopic (exact) mass is 304 g/mol. The van der Waals surface area contributed by atoms with Crippen LogP contribution in [0, 0.1) is 11.3 Å². The lowest BCUT2D eigenvalue weighted by Gasteiger charge is -2.44. The van der Waals surface area contributed by atoms with Crippen LogP contribution in [-0.2, 0) is 4.79 Å². The Morgan fingerprint density at radius 2 is 1.86 bits per heavy atom. The van der Waals surface area contributed by atoms with E-state index < -0.39 is 0 Å². The van der Waals surface area contributed by atoms with E-state index in [0.29, 0.717) is 5.91 Å². The molecule has 0 N–H and O–H groups in total. The van der Waals surface area contributed by atoms with E-state index in [0.717, 1.165) is 44.3 Å². The van der Waals surface area contributed by atoms with Crippen LogP contribution in [0.4, 0.5) is 0 Å². The Balaban J connectivity index is 1.55. The van der Waals surface area contributed by atoms with Gasteiger partial charge in [0.2, 0.25) is 5.91 Å². The quantitative estimate of drug-likeness (QED) is 0.730. The van der Waals surface area contributed by atoms with Crippen molar-refractivity contribution in [2.75, 3.05) is 26.7 Å². The van der Waals surface area contributed by atoms with E-state index in [9.17, 15) is 4.79 Å². The zero-order chi connectivity index (χ0) is 15.6. The minimum atomic E-state index is -0.136. The third-order valence-electron chi connectivity index (χ3n) is 6.31. The third-order valence-corrected chi connectivity index (χ3v) is 6.31. The molecule has 124 valence electrons. The second kappa shape index (κ2) is 6.74. The molecular formula is C19H32N2O. The van der Waals surface area contributed by atoms with Gasteiger partial charge in [0.05, 0.1) is 5.41 Å². The van der Waals surface area contributed by atoms with Gasteiger partial charge in [-0.2, -0.15) is 0 Å². The van der Waals surface area contributed by atoms with Crippen LogP contribution in [0.5, 0.6) is 0 Å². The smallest absolute Gasteiger partial charge is 0.228 e. The molecule has 2 unspecified atom stereocenters. The van der Waals surface area contributed by atoms with E-state index in [1.165, 1.54) is 38.6 Å². The van der Waals surface area contributed by atoms with Crippen molar-refractivity contribution in [1.29, 1.82) is 0 Å². The molecule has 0 aromatic heterocycles. The molecule has 3 rings (SSSR count). The topological polar surface area (TPSA) is 23.6 Å². The third kappa shape index (κ3) is 3.24. The van der Waals surface area contributed by atoms with E-state index in [1.807, 2.05) is 0 Å². The largest absolute Gasteiger partial charge is 0.342 e. The Hall–Kier alpha value is -0.830. The lowest BCUT2D eigenvalue weighted by Crippen LogP contribution is -2.50. The van der Waals surface area contributed by atoms with Crippen LogP contribution < -0.4 is 0 Å². The minimum absolute atomic E-state index is 0.136. The molecule has 1 amide bonds. The molecule has 2 fully saturated rings. The number of likely N-dealkylation sites (tertiary alicyclic amines) is 2. The Labute approximate surface area is 135 Å². The second-order valence-electron chi connectivity index (χ2n) is 7.95. The normalized spacial score (nSPS) is 34.8. The van der Waals surface area contributed by atoms with Crippen LogP contribution in [0.3, 0.4) is 0 Å². The molecular weight excluding hydrogens is 272 g/mol. The number of carbonyl (C=O) groups excluding carboxylic acids is 1. The van der Waals surface area contributed by atoms with Gasteiger partial charge < -0.3 is 9.80 Å². The van der Waals surface area contributed by atoms with Gasteiger partial charge in [-0.05, 0) is 64.5 Å². The number of piperidine rings is 2. The molecule has 3 heteroatoms. The molecule has 3 aliphatic rings. The highest BCUT2D eigenvalue weighted by atomic mass is 16.2. The molecule has 2 saturated heterocycles. The number of rotatable bonds is 2. The zero-order valence-electron chi connectivity index (χ0n) is 14.4. The predicted molar refractivity (Wildman–Crippen MR) is 90.7 cm³/mol. The summed E-state index contributed by atoms with van der Waals surface area (Å²) in [6.07, 6.45) is 13.9. The van der Waals surface area contributed by atoms with Crippen molar-refractivity contribution in [3.63, 3.8) is 0 Å². The molecule has 0 spiro atoms. The van der Waals surface area contributed by atoms with Crippen molar-refractivity contribution in [3.05, 3.63) is 12.2 Å². The van der Waals surface area contributed by atoms with Gasteiger partial charge in [0.1, 0.15) is 0 Å². The average molecular weight is 304 g/mol. The van der Waals surface area contributed by atoms with Gasteiger partial charge in [0.15, 0.2) is 0 Å². The molecule has 0 bridgehead atoms. The van der Waals surface area contributed by atoms with Crippen molar-refractivity contribution < 1.29 is 4.79 Å². The number of hydrogen-bond acceptors (Lipinski definition) is 2. The highest BCUT2D eigenvalue weighted by Gasteiger charge is 2.39. The van der Waals surface area contributed by atoms with Gasteiger partial charge in [-0.25, -0.2) is 0 Å². The summed E-state index contributed by atoms with van der Waals surface area (Å²) >= 11 is 0. The van der Waals surface area contributed by atoms with Gasteiger partial charge in [0.25, 0.3) is 0 Å². The van der Waals surface area contributed by atoms with Crippen LogP contribution >= 0.6 is 0 Å². The zero-order valence-corrected chi connectivity index (χ0v) is 14.4. The van der Waals surface area contributed by atoms with Crippen molar-refractivity contribution in [1.82, 2.24) is 9.80 Å². The van der Waals surface area contributed by atoms with E-state index >= 15 is 0 Å². The summed E-state index contributed by atoms with van der Waals surface area (Å²) in [5.74, 6) is 1.21. The maximum atomic E-state index is 12.9. The number of amides is 1. The molecule has 0 aromatic carbocycles. The van der Waals surface area contributed by atoms with Crippen LogP contribution in [0.25, 0.3) is 0 Å². The second-order valence-corrected chi connectivity index (χ2v) is 7.95. The summed E-state index contributed by atoms with van der Waals surface area (Å²) in [6.45, 7) is 5.38. The number of nitrogens with zero attached hydrogens (tertiary/aromatic N) is 2. The lowest BCUT2D eigenvalue weighted by atomic mass is 9.76. The minimum Gasteiger partial charge on any atom is -0.342 e. The number of allylic oxidation sites excluding steroid dienone is 2. The average Bonchev–Trinajstić information content (AvgIpc) is 2.55.